The lowest BCUT2D eigenvalue weighted by atomic mass is 10.0. The monoisotopic (exact) mass is 271 g/mol. The Hall–Kier alpha value is -2.19. The van der Waals surface area contributed by atoms with Crippen LogP contribution >= 0.6 is 11.3 Å². The van der Waals surface area contributed by atoms with Gasteiger partial charge in [0.05, 0.1) is 18.2 Å². The predicted octanol–water partition coefficient (Wildman–Crippen LogP) is 3.08. The van der Waals surface area contributed by atoms with Gasteiger partial charge >= 0.3 is 0 Å². The summed E-state index contributed by atoms with van der Waals surface area (Å²) in [6.45, 7) is 3.87. The Kier molecular flexibility index (Phi) is 3.93. The van der Waals surface area contributed by atoms with Crippen LogP contribution in [0.15, 0.2) is 24.3 Å². The van der Waals surface area contributed by atoms with Crippen molar-refractivity contribution in [3.8, 4) is 6.07 Å². The van der Waals surface area contributed by atoms with Gasteiger partial charge in [-0.05, 0) is 25.5 Å². The Bertz CT molecular complexity index is 635. The van der Waals surface area contributed by atoms with Crippen LogP contribution in [0.5, 0.6) is 0 Å². The molecule has 2 aromatic rings. The molecule has 0 aliphatic heterocycles. The van der Waals surface area contributed by atoms with Crippen LogP contribution in [0.2, 0.25) is 0 Å². The van der Waals surface area contributed by atoms with E-state index in [-0.39, 0.29) is 12.3 Å². The van der Waals surface area contributed by atoms with Gasteiger partial charge in [0.25, 0.3) is 5.91 Å². The number of rotatable bonds is 3. The third kappa shape index (κ3) is 2.98. The Labute approximate surface area is 115 Å². The van der Waals surface area contributed by atoms with Gasteiger partial charge in [-0.2, -0.15) is 5.26 Å². The minimum Gasteiger partial charge on any atom is -0.298 e. The minimum atomic E-state index is -0.223. The number of nitriles is 1. The summed E-state index contributed by atoms with van der Waals surface area (Å²) in [6.07, 6.45) is 0.222. The molecule has 0 fully saturated rings. The number of amides is 1. The van der Waals surface area contributed by atoms with Gasteiger partial charge in [0.1, 0.15) is 0 Å². The summed E-state index contributed by atoms with van der Waals surface area (Å²) >= 11 is 1.45. The van der Waals surface area contributed by atoms with Gasteiger partial charge in [-0.25, -0.2) is 4.98 Å². The molecule has 0 bridgehead atoms. The molecule has 0 saturated heterocycles. The molecule has 0 atom stereocenters. The van der Waals surface area contributed by atoms with Crippen molar-refractivity contribution in [2.75, 3.05) is 5.32 Å². The molecule has 96 valence electrons. The van der Waals surface area contributed by atoms with Crippen molar-refractivity contribution in [1.82, 2.24) is 4.98 Å². The first-order valence-electron chi connectivity index (χ1n) is 5.82. The highest BCUT2D eigenvalue weighted by Crippen LogP contribution is 2.22. The predicted molar refractivity (Wildman–Crippen MR) is 75.3 cm³/mol. The molecule has 1 heterocycles. The number of anilines is 1. The molecule has 1 amide bonds. The molecule has 19 heavy (non-hydrogen) atoms. The average molecular weight is 271 g/mol. The summed E-state index contributed by atoms with van der Waals surface area (Å²) in [5.74, 6) is -0.223. The van der Waals surface area contributed by atoms with Gasteiger partial charge in [-0.15, -0.1) is 11.3 Å². The van der Waals surface area contributed by atoms with Gasteiger partial charge in [0, 0.05) is 10.4 Å². The summed E-state index contributed by atoms with van der Waals surface area (Å²) in [6, 6.07) is 9.18. The van der Waals surface area contributed by atoms with Gasteiger partial charge in [0.15, 0.2) is 5.13 Å². The highest BCUT2D eigenvalue weighted by atomic mass is 32.1. The lowest BCUT2D eigenvalue weighted by Crippen LogP contribution is -2.14. The summed E-state index contributed by atoms with van der Waals surface area (Å²) in [7, 11) is 0. The number of aromatic nitrogens is 1. The molecule has 4 nitrogen and oxygen atoms in total. The third-order valence-corrected chi connectivity index (χ3v) is 3.77. The Balaban J connectivity index is 2.23. The van der Waals surface area contributed by atoms with Crippen molar-refractivity contribution in [3.05, 3.63) is 46.0 Å². The molecule has 5 heteroatoms. The second-order valence-corrected chi connectivity index (χ2v) is 5.31. The molecule has 0 unspecified atom stereocenters. The van der Waals surface area contributed by atoms with E-state index in [1.807, 2.05) is 19.9 Å². The molecule has 0 spiro atoms. The molecule has 0 saturated carbocycles. The molecule has 0 aliphatic rings. The van der Waals surface area contributed by atoms with E-state index in [0.29, 0.717) is 10.7 Å². The number of hydrogen-bond acceptors (Lipinski definition) is 4. The standard InChI is InChI=1S/C14H13N3OS/c1-9-10(2)19-14(16-9)17-13(18)12-6-4-3-5-11(12)7-8-15/h3-6H,7H2,1-2H3,(H,16,17,18). The van der Waals surface area contributed by atoms with E-state index in [1.54, 1.807) is 18.2 Å². The van der Waals surface area contributed by atoms with Crippen molar-refractivity contribution in [1.29, 1.82) is 5.26 Å². The Morgan fingerprint density at radius 3 is 2.79 bits per heavy atom. The SMILES string of the molecule is Cc1nc(NC(=O)c2ccccc2CC#N)sc1C. The van der Waals surface area contributed by atoms with Crippen molar-refractivity contribution < 1.29 is 4.79 Å². The molecular weight excluding hydrogens is 258 g/mol. The van der Waals surface area contributed by atoms with Crippen LogP contribution < -0.4 is 5.32 Å². The quantitative estimate of drug-likeness (QED) is 0.933. The van der Waals surface area contributed by atoms with Crippen LogP contribution in [-0.4, -0.2) is 10.9 Å². The zero-order valence-corrected chi connectivity index (χ0v) is 11.5. The number of aryl methyl sites for hydroxylation is 2. The average Bonchev–Trinajstić information content (AvgIpc) is 2.69. The number of hydrogen-bond donors (Lipinski definition) is 1. The van der Waals surface area contributed by atoms with Crippen molar-refractivity contribution in [2.24, 2.45) is 0 Å². The van der Waals surface area contributed by atoms with Crippen LogP contribution in [0, 0.1) is 25.2 Å². The van der Waals surface area contributed by atoms with Crippen molar-refractivity contribution in [3.63, 3.8) is 0 Å². The molecule has 0 aliphatic carbocycles. The summed E-state index contributed by atoms with van der Waals surface area (Å²) in [5.41, 5.74) is 2.17. The van der Waals surface area contributed by atoms with Crippen molar-refractivity contribution >= 4 is 22.4 Å². The minimum absolute atomic E-state index is 0.222. The number of thiazole rings is 1. The van der Waals surface area contributed by atoms with E-state index in [2.05, 4.69) is 16.4 Å². The molecule has 2 rings (SSSR count). The zero-order valence-electron chi connectivity index (χ0n) is 10.7. The maximum Gasteiger partial charge on any atom is 0.257 e. The molecular formula is C14H13N3OS. The smallest absolute Gasteiger partial charge is 0.257 e. The summed E-state index contributed by atoms with van der Waals surface area (Å²) < 4.78 is 0. The van der Waals surface area contributed by atoms with Crippen LogP contribution in [0.1, 0.15) is 26.5 Å². The lowest BCUT2D eigenvalue weighted by molar-refractivity contribution is 0.102. The zero-order chi connectivity index (χ0) is 13.8. The number of carbonyl (C=O) groups excluding carboxylic acids is 1. The fourth-order valence-corrected chi connectivity index (χ4v) is 2.48. The van der Waals surface area contributed by atoms with E-state index >= 15 is 0 Å². The first-order valence-corrected chi connectivity index (χ1v) is 6.63. The first-order chi connectivity index (χ1) is 9.11. The second kappa shape index (κ2) is 5.63. The molecule has 1 aromatic carbocycles. The first kappa shape index (κ1) is 13.2. The normalized spacial score (nSPS) is 9.95. The van der Waals surface area contributed by atoms with Gasteiger partial charge in [-0.3, -0.25) is 10.1 Å². The van der Waals surface area contributed by atoms with E-state index in [0.717, 1.165) is 16.1 Å². The maximum absolute atomic E-state index is 12.2. The van der Waals surface area contributed by atoms with E-state index in [9.17, 15) is 4.79 Å². The fourth-order valence-electron chi connectivity index (χ4n) is 1.67. The topological polar surface area (TPSA) is 65.8 Å². The fraction of sp³-hybridized carbons (Fsp3) is 0.214. The van der Waals surface area contributed by atoms with E-state index in [4.69, 9.17) is 5.26 Å². The Morgan fingerprint density at radius 2 is 2.16 bits per heavy atom. The number of benzene rings is 1. The van der Waals surface area contributed by atoms with Crippen LogP contribution in [0.3, 0.4) is 0 Å². The third-order valence-electron chi connectivity index (χ3n) is 2.78. The number of nitrogens with zero attached hydrogens (tertiary/aromatic N) is 2. The largest absolute Gasteiger partial charge is 0.298 e. The van der Waals surface area contributed by atoms with Crippen LogP contribution in [-0.2, 0) is 6.42 Å². The lowest BCUT2D eigenvalue weighted by Gasteiger charge is -2.05. The summed E-state index contributed by atoms with van der Waals surface area (Å²) in [5, 5.41) is 12.1. The van der Waals surface area contributed by atoms with E-state index < -0.39 is 0 Å². The van der Waals surface area contributed by atoms with Crippen molar-refractivity contribution in [2.45, 2.75) is 20.3 Å². The Morgan fingerprint density at radius 1 is 1.42 bits per heavy atom. The number of nitrogens with one attached hydrogen (secondary N) is 1. The highest BCUT2D eigenvalue weighted by Gasteiger charge is 2.13. The second-order valence-electron chi connectivity index (χ2n) is 4.11. The molecule has 1 aromatic heterocycles. The van der Waals surface area contributed by atoms with E-state index in [1.165, 1.54) is 11.3 Å². The van der Waals surface area contributed by atoms with Crippen LogP contribution in [0.4, 0.5) is 5.13 Å². The number of carbonyl (C=O) groups is 1. The van der Waals surface area contributed by atoms with Gasteiger partial charge in [0.2, 0.25) is 0 Å². The van der Waals surface area contributed by atoms with Gasteiger partial charge < -0.3 is 0 Å². The highest BCUT2D eigenvalue weighted by molar-refractivity contribution is 7.15. The molecule has 1 N–H and O–H groups in total. The molecule has 0 radical (unpaired) electrons. The maximum atomic E-state index is 12.2. The van der Waals surface area contributed by atoms with Crippen LogP contribution in [0.25, 0.3) is 0 Å². The van der Waals surface area contributed by atoms with Gasteiger partial charge in [-0.1, -0.05) is 18.2 Å². The summed E-state index contributed by atoms with van der Waals surface area (Å²) in [4.78, 5) is 17.5.